The van der Waals surface area contributed by atoms with Gasteiger partial charge in [0.25, 0.3) is 0 Å². The van der Waals surface area contributed by atoms with E-state index < -0.39 is 0 Å². The number of hydrogen-bond acceptors (Lipinski definition) is 4. The fourth-order valence-corrected chi connectivity index (χ4v) is 3.80. The van der Waals surface area contributed by atoms with Crippen LogP contribution in [0.1, 0.15) is 37.5 Å². The summed E-state index contributed by atoms with van der Waals surface area (Å²) in [5.74, 6) is 1.61. The molecule has 20 heavy (non-hydrogen) atoms. The summed E-state index contributed by atoms with van der Waals surface area (Å²) < 4.78 is 8.24. The Morgan fingerprint density at radius 1 is 1.35 bits per heavy atom. The Morgan fingerprint density at radius 2 is 2.25 bits per heavy atom. The molecule has 1 aromatic rings. The lowest BCUT2D eigenvalue weighted by Crippen LogP contribution is -2.48. The highest BCUT2D eigenvalue weighted by molar-refractivity contribution is 5.02. The molecular weight excluding hydrogens is 254 g/mol. The van der Waals surface area contributed by atoms with Gasteiger partial charge in [-0.25, -0.2) is 4.98 Å². The lowest BCUT2D eigenvalue weighted by Gasteiger charge is -2.37. The molecule has 1 saturated heterocycles. The van der Waals surface area contributed by atoms with Crippen LogP contribution in [0.2, 0.25) is 0 Å². The number of aliphatic hydroxyl groups is 1. The van der Waals surface area contributed by atoms with Crippen LogP contribution in [-0.2, 0) is 11.3 Å². The number of rotatable bonds is 4. The minimum absolute atomic E-state index is 0.293. The molecule has 0 radical (unpaired) electrons. The van der Waals surface area contributed by atoms with E-state index in [9.17, 15) is 5.11 Å². The molecule has 2 aliphatic carbocycles. The Bertz CT molecular complexity index is 471. The highest BCUT2D eigenvalue weighted by atomic mass is 16.5. The van der Waals surface area contributed by atoms with Crippen molar-refractivity contribution in [3.63, 3.8) is 0 Å². The summed E-state index contributed by atoms with van der Waals surface area (Å²) in [4.78, 5) is 7.07. The van der Waals surface area contributed by atoms with Gasteiger partial charge in [0.05, 0.1) is 19.3 Å². The zero-order valence-electron chi connectivity index (χ0n) is 11.8. The second-order valence-electron chi connectivity index (χ2n) is 6.45. The molecular formula is C15H23N3O2. The van der Waals surface area contributed by atoms with Crippen LogP contribution in [0.4, 0.5) is 0 Å². The van der Waals surface area contributed by atoms with Crippen LogP contribution in [0.3, 0.4) is 0 Å². The van der Waals surface area contributed by atoms with Crippen LogP contribution in [0.25, 0.3) is 0 Å². The number of nitrogens with zero attached hydrogens (tertiary/aromatic N) is 3. The van der Waals surface area contributed by atoms with Crippen molar-refractivity contribution in [2.24, 2.45) is 5.92 Å². The van der Waals surface area contributed by atoms with E-state index in [1.807, 2.05) is 6.20 Å². The monoisotopic (exact) mass is 277 g/mol. The highest BCUT2D eigenvalue weighted by Crippen LogP contribution is 2.37. The topological polar surface area (TPSA) is 50.5 Å². The van der Waals surface area contributed by atoms with Crippen LogP contribution in [0.5, 0.6) is 0 Å². The Morgan fingerprint density at radius 3 is 3.05 bits per heavy atom. The normalized spacial score (nSPS) is 34.4. The number of ether oxygens (including phenoxy) is 1. The van der Waals surface area contributed by atoms with Gasteiger partial charge >= 0.3 is 0 Å². The molecule has 5 heteroatoms. The molecule has 1 aliphatic heterocycles. The molecule has 0 aromatic carbocycles. The Labute approximate surface area is 119 Å². The van der Waals surface area contributed by atoms with E-state index in [0.717, 1.165) is 32.5 Å². The van der Waals surface area contributed by atoms with Crippen LogP contribution >= 0.6 is 0 Å². The number of fused-ring (bicyclic) bond motifs is 1. The van der Waals surface area contributed by atoms with E-state index in [-0.39, 0.29) is 0 Å². The van der Waals surface area contributed by atoms with E-state index in [1.54, 1.807) is 0 Å². The average Bonchev–Trinajstić information content (AvgIpc) is 3.05. The maximum absolute atomic E-state index is 9.39. The maximum Gasteiger partial charge on any atom is 0.123 e. The molecule has 5 nitrogen and oxygen atoms in total. The zero-order chi connectivity index (χ0) is 13.5. The highest BCUT2D eigenvalue weighted by Gasteiger charge is 2.41. The Kier molecular flexibility index (Phi) is 3.28. The summed E-state index contributed by atoms with van der Waals surface area (Å²) in [6.07, 6.45) is 9.02. The minimum atomic E-state index is 0.293. The van der Waals surface area contributed by atoms with Crippen molar-refractivity contribution >= 4 is 0 Å². The first-order valence-electron chi connectivity index (χ1n) is 7.83. The molecule has 1 aromatic heterocycles. The van der Waals surface area contributed by atoms with Gasteiger partial charge < -0.3 is 14.4 Å². The minimum Gasteiger partial charge on any atom is -0.396 e. The van der Waals surface area contributed by atoms with Crippen LogP contribution in [-0.4, -0.2) is 51.5 Å². The molecule has 4 rings (SSSR count). The number of hydrogen-bond donors (Lipinski definition) is 1. The zero-order valence-corrected chi connectivity index (χ0v) is 11.8. The van der Waals surface area contributed by atoms with Gasteiger partial charge in [-0.05, 0) is 31.6 Å². The lowest BCUT2D eigenvalue weighted by molar-refractivity contribution is -0.0601. The third-order valence-electron chi connectivity index (χ3n) is 5.04. The van der Waals surface area contributed by atoms with E-state index >= 15 is 0 Å². The maximum atomic E-state index is 9.39. The summed E-state index contributed by atoms with van der Waals surface area (Å²) in [6, 6.07) is 1.16. The smallest absolute Gasteiger partial charge is 0.123 e. The van der Waals surface area contributed by atoms with E-state index in [0.29, 0.717) is 30.7 Å². The molecule has 1 N–H and O–H groups in total. The molecule has 0 spiro atoms. The average molecular weight is 277 g/mol. The molecule has 110 valence electrons. The van der Waals surface area contributed by atoms with Crippen LogP contribution < -0.4 is 0 Å². The molecule has 2 heterocycles. The summed E-state index contributed by atoms with van der Waals surface area (Å²) in [5.41, 5.74) is 0. The van der Waals surface area contributed by atoms with Gasteiger partial charge in [0.15, 0.2) is 0 Å². The lowest BCUT2D eigenvalue weighted by atomic mass is 10.1. The molecule has 2 saturated carbocycles. The third-order valence-corrected chi connectivity index (χ3v) is 5.04. The molecule has 3 atom stereocenters. The molecule has 3 aliphatic rings. The van der Waals surface area contributed by atoms with Crippen molar-refractivity contribution in [3.8, 4) is 0 Å². The van der Waals surface area contributed by atoms with Crippen molar-refractivity contribution in [3.05, 3.63) is 18.2 Å². The van der Waals surface area contributed by atoms with Gasteiger partial charge in [-0.2, -0.15) is 0 Å². The van der Waals surface area contributed by atoms with Gasteiger partial charge in [-0.1, -0.05) is 0 Å². The van der Waals surface area contributed by atoms with Gasteiger partial charge in [0, 0.05) is 37.6 Å². The van der Waals surface area contributed by atoms with E-state index in [2.05, 4.69) is 20.6 Å². The molecule has 0 unspecified atom stereocenters. The number of aliphatic hydroxyl groups excluding tert-OH is 1. The second-order valence-corrected chi connectivity index (χ2v) is 6.45. The summed E-state index contributed by atoms with van der Waals surface area (Å²) in [6.45, 7) is 3.01. The molecule has 0 bridgehead atoms. The summed E-state index contributed by atoms with van der Waals surface area (Å²) in [7, 11) is 0. The van der Waals surface area contributed by atoms with E-state index in [1.165, 1.54) is 18.7 Å². The SMILES string of the molecule is OC[C@H]1C[C@@H]2OCCN(Cc3nccn3C3CC3)[C@H]2C1. The van der Waals surface area contributed by atoms with E-state index in [4.69, 9.17) is 4.74 Å². The molecule has 3 fully saturated rings. The first kappa shape index (κ1) is 12.8. The predicted octanol–water partition coefficient (Wildman–Crippen LogP) is 1.19. The van der Waals surface area contributed by atoms with Gasteiger partial charge in [-0.3, -0.25) is 4.90 Å². The summed E-state index contributed by atoms with van der Waals surface area (Å²) in [5, 5.41) is 9.39. The van der Waals surface area contributed by atoms with Crippen molar-refractivity contribution in [2.75, 3.05) is 19.8 Å². The first-order valence-corrected chi connectivity index (χ1v) is 7.83. The first-order chi connectivity index (χ1) is 9.85. The standard InChI is InChI=1S/C15H23N3O2/c19-10-11-7-13-14(8-11)20-6-5-17(13)9-15-16-3-4-18(15)12-1-2-12/h3-4,11-14,19H,1-2,5-10H2/t11-,13+,14+/m1/s1. The van der Waals surface area contributed by atoms with Crippen molar-refractivity contribution in [1.29, 1.82) is 0 Å². The van der Waals surface area contributed by atoms with Crippen molar-refractivity contribution in [1.82, 2.24) is 14.5 Å². The quantitative estimate of drug-likeness (QED) is 0.898. The van der Waals surface area contributed by atoms with Crippen molar-refractivity contribution < 1.29 is 9.84 Å². The largest absolute Gasteiger partial charge is 0.396 e. The number of imidazole rings is 1. The van der Waals surface area contributed by atoms with Crippen molar-refractivity contribution in [2.45, 2.75) is 50.4 Å². The molecule has 0 amide bonds. The van der Waals surface area contributed by atoms with Crippen LogP contribution in [0.15, 0.2) is 12.4 Å². The van der Waals surface area contributed by atoms with Gasteiger partial charge in [-0.15, -0.1) is 0 Å². The van der Waals surface area contributed by atoms with Gasteiger partial charge in [0.1, 0.15) is 5.82 Å². The number of aromatic nitrogens is 2. The second kappa shape index (κ2) is 5.13. The fraction of sp³-hybridized carbons (Fsp3) is 0.800. The number of morpholine rings is 1. The summed E-state index contributed by atoms with van der Waals surface area (Å²) >= 11 is 0. The third kappa shape index (κ3) is 2.28. The predicted molar refractivity (Wildman–Crippen MR) is 74.2 cm³/mol. The fourth-order valence-electron chi connectivity index (χ4n) is 3.80. The van der Waals surface area contributed by atoms with Crippen LogP contribution in [0, 0.1) is 5.92 Å². The Balaban J connectivity index is 1.48. The Hall–Kier alpha value is -0.910. The van der Waals surface area contributed by atoms with Gasteiger partial charge in [0.2, 0.25) is 0 Å².